The first kappa shape index (κ1) is 17.1. The fourth-order valence-electron chi connectivity index (χ4n) is 2.69. The summed E-state index contributed by atoms with van der Waals surface area (Å²) < 4.78 is 6.87. The van der Waals surface area contributed by atoms with Crippen molar-refractivity contribution < 1.29 is 9.48 Å². The maximum Gasteiger partial charge on any atom is 0.254 e. The summed E-state index contributed by atoms with van der Waals surface area (Å²) in [6.45, 7) is 7.00. The van der Waals surface area contributed by atoms with E-state index >= 15 is 0 Å². The van der Waals surface area contributed by atoms with Crippen molar-refractivity contribution in [1.82, 2.24) is 4.90 Å². The van der Waals surface area contributed by atoms with E-state index in [-0.39, 0.29) is 10.9 Å². The first-order valence-electron chi connectivity index (χ1n) is 7.33. The van der Waals surface area contributed by atoms with Crippen LogP contribution < -0.4 is 4.74 Å². The lowest BCUT2D eigenvalue weighted by Crippen LogP contribution is -2.48. The topological polar surface area (TPSA) is 38.5 Å². The molecule has 0 aliphatic carbocycles. The average molecular weight is 338 g/mol. The second-order valence-electron chi connectivity index (χ2n) is 5.77. The third-order valence-corrected chi connectivity index (χ3v) is 5.24. The van der Waals surface area contributed by atoms with Gasteiger partial charge in [0.25, 0.3) is 6.17 Å². The molecule has 22 heavy (non-hydrogen) atoms. The number of nitrogens with zero attached hydrogens (tertiary/aromatic N) is 2. The molecule has 1 heterocycles. The van der Waals surface area contributed by atoms with Gasteiger partial charge in [0.05, 0.1) is 12.7 Å². The molecule has 1 fully saturated rings. The van der Waals surface area contributed by atoms with E-state index in [1.165, 1.54) is 0 Å². The summed E-state index contributed by atoms with van der Waals surface area (Å²) in [4.78, 5) is 2.03. The molecule has 6 heteroatoms. The zero-order valence-corrected chi connectivity index (χ0v) is 15.0. The minimum absolute atomic E-state index is 0.257. The first-order chi connectivity index (χ1) is 10.4. The Balaban J connectivity index is 2.38. The molecule has 1 aliphatic heterocycles. The second-order valence-corrected chi connectivity index (χ2v) is 8.06. The summed E-state index contributed by atoms with van der Waals surface area (Å²) in [7, 11) is 1.61. The summed E-state index contributed by atoms with van der Waals surface area (Å²) in [5, 5.41) is 12.8. The van der Waals surface area contributed by atoms with Gasteiger partial charge in [-0.15, -0.1) is 0 Å². The van der Waals surface area contributed by atoms with Crippen LogP contribution >= 0.6 is 24.0 Å². The van der Waals surface area contributed by atoms with Crippen LogP contribution in [-0.2, 0) is 0 Å². The van der Waals surface area contributed by atoms with E-state index in [1.807, 2.05) is 29.2 Å². The Morgan fingerprint density at radius 3 is 2.77 bits per heavy atom. The van der Waals surface area contributed by atoms with E-state index in [9.17, 15) is 5.21 Å². The van der Waals surface area contributed by atoms with Gasteiger partial charge in [-0.2, -0.15) is 4.74 Å². The van der Waals surface area contributed by atoms with Crippen molar-refractivity contribution in [2.24, 2.45) is 0 Å². The van der Waals surface area contributed by atoms with Crippen LogP contribution in [0, 0.1) is 5.21 Å². The van der Waals surface area contributed by atoms with Crippen molar-refractivity contribution in [2.75, 3.05) is 13.7 Å². The van der Waals surface area contributed by atoms with Crippen LogP contribution in [-0.4, -0.2) is 44.7 Å². The van der Waals surface area contributed by atoms with Gasteiger partial charge in [0.1, 0.15) is 14.8 Å². The SMILES string of the molecule is CCCN1C(=S)SC(C)(C)C1/[N+]([O-])=C/c1ccccc1OC. The third kappa shape index (κ3) is 3.38. The smallest absolute Gasteiger partial charge is 0.254 e. The summed E-state index contributed by atoms with van der Waals surface area (Å²) in [5.41, 5.74) is 0.773. The van der Waals surface area contributed by atoms with Crippen molar-refractivity contribution in [3.05, 3.63) is 35.0 Å². The van der Waals surface area contributed by atoms with Gasteiger partial charge < -0.3 is 9.94 Å². The molecular formula is C16H22N2O2S2. The number of thiocarbonyl (C=S) groups is 1. The maximum absolute atomic E-state index is 12.8. The van der Waals surface area contributed by atoms with Gasteiger partial charge in [0.2, 0.25) is 0 Å². The molecule has 0 aromatic heterocycles. The molecule has 1 aliphatic rings. The number of benzene rings is 1. The van der Waals surface area contributed by atoms with Crippen molar-refractivity contribution in [1.29, 1.82) is 0 Å². The predicted octanol–water partition coefficient (Wildman–Crippen LogP) is 3.47. The van der Waals surface area contributed by atoms with Crippen LogP contribution in [0.2, 0.25) is 0 Å². The highest BCUT2D eigenvalue weighted by atomic mass is 32.2. The minimum Gasteiger partial charge on any atom is -0.622 e. The Hall–Kier alpha value is -1.27. The quantitative estimate of drug-likeness (QED) is 0.270. The van der Waals surface area contributed by atoms with Crippen LogP contribution in [0.3, 0.4) is 0 Å². The number of para-hydroxylation sites is 1. The largest absolute Gasteiger partial charge is 0.622 e. The van der Waals surface area contributed by atoms with Gasteiger partial charge in [-0.1, -0.05) is 43.0 Å². The molecule has 1 unspecified atom stereocenters. The van der Waals surface area contributed by atoms with Gasteiger partial charge in [-0.3, -0.25) is 4.90 Å². The van der Waals surface area contributed by atoms with Crippen LogP contribution in [0.5, 0.6) is 5.75 Å². The molecule has 0 N–H and O–H groups in total. The Bertz CT molecular complexity index is 587. The van der Waals surface area contributed by atoms with Gasteiger partial charge in [0, 0.05) is 6.54 Å². The van der Waals surface area contributed by atoms with Crippen molar-refractivity contribution in [3.8, 4) is 5.75 Å². The van der Waals surface area contributed by atoms with Crippen molar-refractivity contribution in [2.45, 2.75) is 38.1 Å². The Morgan fingerprint density at radius 1 is 1.45 bits per heavy atom. The minimum atomic E-state index is -0.310. The molecule has 1 aromatic rings. The number of hydrogen-bond donors (Lipinski definition) is 0. The fraction of sp³-hybridized carbons (Fsp3) is 0.500. The molecule has 1 saturated heterocycles. The van der Waals surface area contributed by atoms with E-state index < -0.39 is 0 Å². The summed E-state index contributed by atoms with van der Waals surface area (Å²) in [6, 6.07) is 7.51. The number of hydrogen-bond acceptors (Lipinski definition) is 4. The van der Waals surface area contributed by atoms with E-state index in [0.717, 1.165) is 27.6 Å². The van der Waals surface area contributed by atoms with Gasteiger partial charge in [-0.25, -0.2) is 0 Å². The van der Waals surface area contributed by atoms with Gasteiger partial charge in [0.15, 0.2) is 6.21 Å². The van der Waals surface area contributed by atoms with Crippen molar-refractivity contribution >= 4 is 34.5 Å². The van der Waals surface area contributed by atoms with E-state index in [2.05, 4.69) is 20.8 Å². The molecule has 0 spiro atoms. The van der Waals surface area contributed by atoms with E-state index in [1.54, 1.807) is 25.1 Å². The number of thioether (sulfide) groups is 1. The molecule has 0 bridgehead atoms. The maximum atomic E-state index is 12.8. The first-order valence-corrected chi connectivity index (χ1v) is 8.56. The highest BCUT2D eigenvalue weighted by molar-refractivity contribution is 8.24. The van der Waals surface area contributed by atoms with E-state index in [4.69, 9.17) is 17.0 Å². The number of rotatable bonds is 5. The van der Waals surface area contributed by atoms with Crippen LogP contribution in [0.1, 0.15) is 32.8 Å². The van der Waals surface area contributed by atoms with Crippen LogP contribution in [0.25, 0.3) is 0 Å². The molecule has 1 aromatic carbocycles. The standard InChI is InChI=1S/C16H22N2O2S2/c1-5-10-17-14(16(2,3)22-15(17)21)18(19)11-12-8-6-7-9-13(12)20-4/h6-9,11,14H,5,10H2,1-4H3/b18-11-. The molecule has 120 valence electrons. The highest BCUT2D eigenvalue weighted by Gasteiger charge is 2.50. The summed E-state index contributed by atoms with van der Waals surface area (Å²) in [6.07, 6.45) is 2.24. The lowest BCUT2D eigenvalue weighted by atomic mass is 10.1. The van der Waals surface area contributed by atoms with Crippen molar-refractivity contribution in [3.63, 3.8) is 0 Å². The Morgan fingerprint density at radius 2 is 2.14 bits per heavy atom. The monoisotopic (exact) mass is 338 g/mol. The number of hydroxylamine groups is 1. The zero-order chi connectivity index (χ0) is 16.3. The molecule has 0 radical (unpaired) electrons. The highest BCUT2D eigenvalue weighted by Crippen LogP contribution is 2.41. The molecule has 4 nitrogen and oxygen atoms in total. The molecule has 0 saturated carbocycles. The summed E-state index contributed by atoms with van der Waals surface area (Å²) >= 11 is 7.04. The molecule has 1 atom stereocenters. The molecule has 2 rings (SSSR count). The number of methoxy groups -OCH3 is 1. The fourth-order valence-corrected chi connectivity index (χ4v) is 4.62. The van der Waals surface area contributed by atoms with E-state index in [0.29, 0.717) is 5.75 Å². The normalized spacial score (nSPS) is 21.3. The van der Waals surface area contributed by atoms with Crippen LogP contribution in [0.15, 0.2) is 24.3 Å². The molecular weight excluding hydrogens is 316 g/mol. The lowest BCUT2D eigenvalue weighted by Gasteiger charge is -2.29. The number of ether oxygens (including phenoxy) is 1. The average Bonchev–Trinajstić information content (AvgIpc) is 2.69. The third-order valence-electron chi connectivity index (χ3n) is 3.61. The lowest BCUT2D eigenvalue weighted by molar-refractivity contribution is -0.523. The second kappa shape index (κ2) is 6.87. The Kier molecular flexibility index (Phi) is 5.34. The van der Waals surface area contributed by atoms with Crippen LogP contribution in [0.4, 0.5) is 0 Å². The molecule has 0 amide bonds. The zero-order valence-electron chi connectivity index (χ0n) is 13.4. The Labute approximate surface area is 141 Å². The van der Waals surface area contributed by atoms with Gasteiger partial charge >= 0.3 is 0 Å². The van der Waals surface area contributed by atoms with Gasteiger partial charge in [-0.05, 0) is 32.4 Å². The predicted molar refractivity (Wildman–Crippen MR) is 96.8 cm³/mol. The summed E-state index contributed by atoms with van der Waals surface area (Å²) in [5.74, 6) is 0.691.